The van der Waals surface area contributed by atoms with E-state index in [0.717, 1.165) is 11.1 Å². The van der Waals surface area contributed by atoms with Gasteiger partial charge in [-0.25, -0.2) is 8.42 Å². The van der Waals surface area contributed by atoms with Crippen LogP contribution in [0.1, 0.15) is 11.1 Å². The van der Waals surface area contributed by atoms with Crippen molar-refractivity contribution in [3.63, 3.8) is 0 Å². The maximum atomic E-state index is 11.3. The van der Waals surface area contributed by atoms with Crippen LogP contribution in [0.2, 0.25) is 0 Å². The van der Waals surface area contributed by atoms with Gasteiger partial charge in [-0.15, -0.1) is 0 Å². The van der Waals surface area contributed by atoms with Crippen LogP contribution < -0.4 is 0 Å². The molecule has 0 aliphatic rings. The Morgan fingerprint density at radius 1 is 0.889 bits per heavy atom. The van der Waals surface area contributed by atoms with Crippen molar-refractivity contribution in [3.05, 3.63) is 65.7 Å². The highest BCUT2D eigenvalue weighted by molar-refractivity contribution is 7.90. The Bertz CT molecular complexity index is 639. The average molecular weight is 257 g/mol. The zero-order valence-electron chi connectivity index (χ0n) is 10.00. The number of benzene rings is 2. The summed E-state index contributed by atoms with van der Waals surface area (Å²) in [5.41, 5.74) is 2.05. The maximum absolute atomic E-state index is 11.3. The lowest BCUT2D eigenvalue weighted by Gasteiger charge is -1.98. The van der Waals surface area contributed by atoms with Crippen molar-refractivity contribution < 1.29 is 8.42 Å². The molecule has 0 aliphatic heterocycles. The molecule has 0 saturated carbocycles. The van der Waals surface area contributed by atoms with E-state index < -0.39 is 9.84 Å². The Kier molecular flexibility index (Phi) is 3.63. The average Bonchev–Trinajstić information content (AvgIpc) is 2.37. The topological polar surface area (TPSA) is 34.1 Å². The molecule has 0 aromatic heterocycles. The van der Waals surface area contributed by atoms with Crippen LogP contribution in [-0.2, 0) is 9.84 Å². The number of hydrogen-bond donors (Lipinski definition) is 0. The van der Waals surface area contributed by atoms with Crippen LogP contribution in [-0.4, -0.2) is 14.7 Å². The fraction of sp³-hybridized carbons (Fsp3) is 0.0667. The second kappa shape index (κ2) is 5.19. The lowest BCUT2D eigenvalue weighted by molar-refractivity contribution is 0.602. The van der Waals surface area contributed by atoms with Gasteiger partial charge in [0, 0.05) is 6.26 Å². The van der Waals surface area contributed by atoms with Gasteiger partial charge in [0.25, 0.3) is 0 Å². The molecule has 3 heteroatoms. The zero-order valence-corrected chi connectivity index (χ0v) is 10.8. The summed E-state index contributed by atoms with van der Waals surface area (Å²) in [6, 6.07) is 17.4. The molecule has 0 N–H and O–H groups in total. The van der Waals surface area contributed by atoms with E-state index in [1.165, 1.54) is 6.26 Å². The summed E-state index contributed by atoms with van der Waals surface area (Å²) < 4.78 is 22.6. The number of sulfone groups is 1. The molecule has 0 unspecified atom stereocenters. The molecule has 0 saturated heterocycles. The third-order valence-electron chi connectivity index (χ3n) is 2.52. The summed E-state index contributed by atoms with van der Waals surface area (Å²) in [5, 5.41) is 0. The van der Waals surface area contributed by atoms with Crippen LogP contribution in [0.15, 0.2) is 53.4 Å². The highest BCUT2D eigenvalue weighted by Gasteiger charge is 2.04. The highest BCUT2D eigenvalue weighted by Crippen LogP contribution is 2.12. The lowest BCUT2D eigenvalue weighted by Crippen LogP contribution is -1.95. The number of hydrogen-bond acceptors (Lipinski definition) is 2. The fourth-order valence-electron chi connectivity index (χ4n) is 1.53. The van der Waals surface area contributed by atoms with Gasteiger partial charge in [0.2, 0.25) is 0 Å². The Balaban J connectivity index is 2.19. The van der Waals surface area contributed by atoms with Gasteiger partial charge in [-0.1, -0.05) is 48.6 Å². The van der Waals surface area contributed by atoms with Crippen LogP contribution in [0, 0.1) is 6.07 Å². The predicted octanol–water partition coefficient (Wildman–Crippen LogP) is 3.06. The largest absolute Gasteiger partial charge is 0.224 e. The quantitative estimate of drug-likeness (QED) is 0.792. The van der Waals surface area contributed by atoms with E-state index >= 15 is 0 Å². The first kappa shape index (κ1) is 12.6. The summed E-state index contributed by atoms with van der Waals surface area (Å²) in [7, 11) is -3.11. The fourth-order valence-corrected chi connectivity index (χ4v) is 2.16. The van der Waals surface area contributed by atoms with Gasteiger partial charge >= 0.3 is 0 Å². The molecule has 0 spiro atoms. The summed E-state index contributed by atoms with van der Waals surface area (Å²) in [4.78, 5) is 0.342. The summed E-state index contributed by atoms with van der Waals surface area (Å²) in [6.45, 7) is 0. The third kappa shape index (κ3) is 3.31. The molecule has 2 rings (SSSR count). The Labute approximate surface area is 108 Å². The Hall–Kier alpha value is -1.87. The monoisotopic (exact) mass is 257 g/mol. The van der Waals surface area contributed by atoms with E-state index in [1.54, 1.807) is 24.3 Å². The molecule has 0 heterocycles. The van der Waals surface area contributed by atoms with Crippen LogP contribution in [0.3, 0.4) is 0 Å². The van der Waals surface area contributed by atoms with Gasteiger partial charge in [-0.05, 0) is 29.3 Å². The molecule has 18 heavy (non-hydrogen) atoms. The van der Waals surface area contributed by atoms with Crippen molar-refractivity contribution in [2.24, 2.45) is 0 Å². The molecule has 1 radical (unpaired) electrons. The molecule has 2 nitrogen and oxygen atoms in total. The first-order valence-corrected chi connectivity index (χ1v) is 7.39. The molecular weight excluding hydrogens is 244 g/mol. The van der Waals surface area contributed by atoms with E-state index in [-0.39, 0.29) is 0 Å². The lowest BCUT2D eigenvalue weighted by atomic mass is 10.1. The third-order valence-corrected chi connectivity index (χ3v) is 3.65. The van der Waals surface area contributed by atoms with E-state index in [9.17, 15) is 8.42 Å². The van der Waals surface area contributed by atoms with Crippen LogP contribution in [0.5, 0.6) is 0 Å². The molecule has 0 bridgehead atoms. The summed E-state index contributed by atoms with van der Waals surface area (Å²) >= 11 is 0. The van der Waals surface area contributed by atoms with Crippen molar-refractivity contribution in [2.45, 2.75) is 4.90 Å². The van der Waals surface area contributed by atoms with Crippen molar-refractivity contribution in [1.82, 2.24) is 0 Å². The normalized spacial score (nSPS) is 11.8. The first-order chi connectivity index (χ1) is 8.55. The minimum atomic E-state index is -3.11. The minimum absolute atomic E-state index is 0.342. The Morgan fingerprint density at radius 3 is 1.89 bits per heavy atom. The standard InChI is InChI=1S/C15H13O2S/c1-18(16,17)15-11-9-14(10-12-15)8-7-13-5-3-2-4-6-13/h3-12H,1H3/b8-7-. The highest BCUT2D eigenvalue weighted by atomic mass is 32.2. The van der Waals surface area contributed by atoms with Crippen molar-refractivity contribution in [2.75, 3.05) is 6.26 Å². The van der Waals surface area contributed by atoms with Gasteiger partial charge in [0.05, 0.1) is 4.90 Å². The van der Waals surface area contributed by atoms with Crippen LogP contribution in [0.4, 0.5) is 0 Å². The maximum Gasteiger partial charge on any atom is 0.175 e. The van der Waals surface area contributed by atoms with E-state index in [4.69, 9.17) is 0 Å². The molecule has 0 amide bonds. The van der Waals surface area contributed by atoms with Gasteiger partial charge in [-0.2, -0.15) is 0 Å². The SMILES string of the molecule is CS(=O)(=O)c1ccc(/C=C\c2cc[c]cc2)cc1. The molecular formula is C15H13O2S. The van der Waals surface area contributed by atoms with Crippen LogP contribution >= 0.6 is 0 Å². The number of rotatable bonds is 3. The molecule has 0 aliphatic carbocycles. The molecule has 2 aromatic carbocycles. The molecule has 0 fully saturated rings. The zero-order chi connectivity index (χ0) is 13.0. The van der Waals surface area contributed by atoms with Gasteiger partial charge < -0.3 is 0 Å². The predicted molar refractivity (Wildman–Crippen MR) is 73.8 cm³/mol. The summed E-state index contributed by atoms with van der Waals surface area (Å²) in [5.74, 6) is 0. The second-order valence-electron chi connectivity index (χ2n) is 4.01. The Morgan fingerprint density at radius 2 is 1.39 bits per heavy atom. The molecule has 0 atom stereocenters. The van der Waals surface area contributed by atoms with Gasteiger partial charge in [0.15, 0.2) is 9.84 Å². The summed E-state index contributed by atoms with van der Waals surface area (Å²) in [6.07, 6.45) is 5.13. The smallest absolute Gasteiger partial charge is 0.175 e. The molecule has 2 aromatic rings. The van der Waals surface area contributed by atoms with Crippen molar-refractivity contribution >= 4 is 22.0 Å². The minimum Gasteiger partial charge on any atom is -0.224 e. The van der Waals surface area contributed by atoms with Crippen molar-refractivity contribution in [1.29, 1.82) is 0 Å². The van der Waals surface area contributed by atoms with Crippen molar-refractivity contribution in [3.8, 4) is 0 Å². The van der Waals surface area contributed by atoms with E-state index in [1.807, 2.05) is 36.4 Å². The first-order valence-electron chi connectivity index (χ1n) is 5.50. The van der Waals surface area contributed by atoms with Gasteiger partial charge in [-0.3, -0.25) is 0 Å². The van der Waals surface area contributed by atoms with E-state index in [0.29, 0.717) is 4.90 Å². The van der Waals surface area contributed by atoms with E-state index in [2.05, 4.69) is 6.07 Å². The van der Waals surface area contributed by atoms with Crippen LogP contribution in [0.25, 0.3) is 12.2 Å². The second-order valence-corrected chi connectivity index (χ2v) is 6.02. The van der Waals surface area contributed by atoms with Gasteiger partial charge in [0.1, 0.15) is 0 Å². The molecule has 91 valence electrons.